The van der Waals surface area contributed by atoms with Crippen LogP contribution in [0.2, 0.25) is 0 Å². The van der Waals surface area contributed by atoms with E-state index < -0.39 is 73.0 Å². The Kier molecular flexibility index (Phi) is 14.3. The van der Waals surface area contributed by atoms with Gasteiger partial charge in [-0.15, -0.1) is 0 Å². The lowest BCUT2D eigenvalue weighted by Crippen LogP contribution is -2.60. The molecule has 0 aromatic rings. The van der Waals surface area contributed by atoms with Crippen LogP contribution in [0.25, 0.3) is 0 Å². The normalized spacial score (nSPS) is 30.1. The molecule has 346 valence electrons. The Morgan fingerprint density at radius 3 is 0.883 bits per heavy atom. The SMILES string of the molecule is CC1C(C)(C)CC(OC(=O)C(CC(=O)OC2CC(C)(C)N(C)C(C)(C)C2)C(CC(=O)OC2CC(C)(C)N(C)C(C)(C)C2)C(=O)OC2CC(C)(C)N(C)C(C)(C)C2)CC1(C)C. The summed E-state index contributed by atoms with van der Waals surface area (Å²) in [6, 6.07) is 0. The molecular weight excluding hydrogens is 759 g/mol. The van der Waals surface area contributed by atoms with E-state index in [-0.39, 0.29) is 44.1 Å². The maximum Gasteiger partial charge on any atom is 0.310 e. The largest absolute Gasteiger partial charge is 0.462 e. The van der Waals surface area contributed by atoms with Crippen molar-refractivity contribution < 1.29 is 38.1 Å². The van der Waals surface area contributed by atoms with Crippen LogP contribution in [0.3, 0.4) is 0 Å². The second kappa shape index (κ2) is 17.0. The fraction of sp³-hybridized carbons (Fsp3) is 0.918. The molecule has 0 N–H and O–H groups in total. The summed E-state index contributed by atoms with van der Waals surface area (Å²) in [5, 5.41) is 0. The van der Waals surface area contributed by atoms with Crippen molar-refractivity contribution in [1.29, 1.82) is 0 Å². The third-order valence-electron chi connectivity index (χ3n) is 16.7. The molecule has 0 aromatic heterocycles. The molecule has 0 radical (unpaired) electrons. The van der Waals surface area contributed by atoms with E-state index in [0.717, 1.165) is 0 Å². The molecule has 0 bridgehead atoms. The second-order valence-electron chi connectivity index (χ2n) is 24.8. The van der Waals surface area contributed by atoms with Gasteiger partial charge < -0.3 is 18.9 Å². The maximum atomic E-state index is 14.8. The van der Waals surface area contributed by atoms with Crippen molar-refractivity contribution >= 4 is 23.9 Å². The highest BCUT2D eigenvalue weighted by molar-refractivity contribution is 5.88. The number of rotatable bonds is 11. The molecule has 2 atom stereocenters. The average Bonchev–Trinajstić information content (AvgIpc) is 3.04. The van der Waals surface area contributed by atoms with Gasteiger partial charge in [-0.2, -0.15) is 0 Å². The summed E-state index contributed by atoms with van der Waals surface area (Å²) in [6.07, 6.45) is 2.31. The van der Waals surface area contributed by atoms with E-state index >= 15 is 0 Å². The molecule has 1 saturated carbocycles. The Balaban J connectivity index is 1.72. The molecule has 11 nitrogen and oxygen atoms in total. The molecule has 1 aliphatic carbocycles. The van der Waals surface area contributed by atoms with Crippen LogP contribution in [-0.4, -0.2) is 117 Å². The third kappa shape index (κ3) is 11.3. The minimum Gasteiger partial charge on any atom is -0.462 e. The number of nitrogens with zero attached hydrogens (tertiary/aromatic N) is 3. The number of piperidine rings is 3. The van der Waals surface area contributed by atoms with E-state index in [0.29, 0.717) is 57.3 Å². The quantitative estimate of drug-likeness (QED) is 0.147. The fourth-order valence-electron chi connectivity index (χ4n) is 11.9. The summed E-state index contributed by atoms with van der Waals surface area (Å²) < 4.78 is 25.3. The van der Waals surface area contributed by atoms with Crippen LogP contribution >= 0.6 is 0 Å². The first-order chi connectivity index (χ1) is 26.9. The van der Waals surface area contributed by atoms with E-state index in [1.807, 2.05) is 0 Å². The summed E-state index contributed by atoms with van der Waals surface area (Å²) in [7, 11) is 6.27. The van der Waals surface area contributed by atoms with Crippen LogP contribution < -0.4 is 0 Å². The van der Waals surface area contributed by atoms with Crippen LogP contribution in [0.4, 0.5) is 0 Å². The van der Waals surface area contributed by atoms with E-state index in [1.165, 1.54) is 0 Å². The summed E-state index contributed by atoms with van der Waals surface area (Å²) in [6.45, 7) is 36.7. The van der Waals surface area contributed by atoms with Crippen LogP contribution in [0.5, 0.6) is 0 Å². The first kappa shape index (κ1) is 50.4. The number of carbonyl (C=O) groups is 4. The molecule has 3 aliphatic heterocycles. The molecule has 11 heteroatoms. The minimum absolute atomic E-state index is 0.125. The monoisotopic (exact) mass is 846 g/mol. The Hall–Kier alpha value is -2.24. The second-order valence-corrected chi connectivity index (χ2v) is 24.8. The molecule has 3 heterocycles. The Bertz CT molecular complexity index is 1410. The van der Waals surface area contributed by atoms with Crippen LogP contribution in [0.1, 0.15) is 182 Å². The average molecular weight is 846 g/mol. The molecule has 60 heavy (non-hydrogen) atoms. The van der Waals surface area contributed by atoms with Crippen molar-refractivity contribution in [2.24, 2.45) is 28.6 Å². The van der Waals surface area contributed by atoms with Gasteiger partial charge in [-0.05, 0) is 134 Å². The van der Waals surface area contributed by atoms with Crippen molar-refractivity contribution in [3.63, 3.8) is 0 Å². The zero-order chi connectivity index (χ0) is 46.0. The lowest BCUT2D eigenvalue weighted by molar-refractivity contribution is -0.182. The Labute approximate surface area is 365 Å². The molecule has 0 amide bonds. The minimum atomic E-state index is -1.33. The molecule has 4 rings (SSSR count). The van der Waals surface area contributed by atoms with Crippen LogP contribution in [-0.2, 0) is 38.1 Å². The lowest BCUT2D eigenvalue weighted by Gasteiger charge is -2.53. The Morgan fingerprint density at radius 1 is 0.417 bits per heavy atom. The van der Waals surface area contributed by atoms with Crippen molar-refractivity contribution in [2.45, 2.75) is 240 Å². The zero-order valence-corrected chi connectivity index (χ0v) is 41.7. The smallest absolute Gasteiger partial charge is 0.310 e. The van der Waals surface area contributed by atoms with Gasteiger partial charge in [-0.25, -0.2) is 0 Å². The Morgan fingerprint density at radius 2 is 0.633 bits per heavy atom. The highest BCUT2D eigenvalue weighted by Crippen LogP contribution is 2.52. The van der Waals surface area contributed by atoms with Crippen molar-refractivity contribution in [1.82, 2.24) is 14.7 Å². The number of esters is 4. The van der Waals surface area contributed by atoms with E-state index in [1.54, 1.807) is 0 Å². The predicted octanol–water partition coefficient (Wildman–Crippen LogP) is 8.98. The predicted molar refractivity (Wildman–Crippen MR) is 237 cm³/mol. The highest BCUT2D eigenvalue weighted by atomic mass is 16.6. The fourth-order valence-corrected chi connectivity index (χ4v) is 11.9. The van der Waals surface area contributed by atoms with Gasteiger partial charge in [0.1, 0.15) is 24.4 Å². The number of likely N-dealkylation sites (tertiary alicyclic amines) is 3. The van der Waals surface area contributed by atoms with Crippen molar-refractivity contribution in [3.8, 4) is 0 Å². The van der Waals surface area contributed by atoms with Gasteiger partial charge in [-0.1, -0.05) is 34.6 Å². The first-order valence-electron chi connectivity index (χ1n) is 22.9. The molecule has 0 aromatic carbocycles. The first-order valence-corrected chi connectivity index (χ1v) is 22.9. The third-order valence-corrected chi connectivity index (χ3v) is 16.7. The molecule has 3 saturated heterocycles. The van der Waals surface area contributed by atoms with Crippen LogP contribution in [0, 0.1) is 28.6 Å². The van der Waals surface area contributed by atoms with Gasteiger partial charge in [-0.3, -0.25) is 33.9 Å². The van der Waals surface area contributed by atoms with Gasteiger partial charge in [0.25, 0.3) is 0 Å². The van der Waals surface area contributed by atoms with Crippen molar-refractivity contribution in [3.05, 3.63) is 0 Å². The number of carbonyl (C=O) groups excluding carboxylic acids is 4. The van der Waals surface area contributed by atoms with Gasteiger partial charge in [0.15, 0.2) is 0 Å². The highest BCUT2D eigenvalue weighted by Gasteiger charge is 2.51. The molecule has 4 aliphatic rings. The molecule has 2 unspecified atom stereocenters. The topological polar surface area (TPSA) is 115 Å². The van der Waals surface area contributed by atoms with Crippen molar-refractivity contribution in [2.75, 3.05) is 21.1 Å². The molecule has 0 spiro atoms. The summed E-state index contributed by atoms with van der Waals surface area (Å²) in [5.41, 5.74) is -1.80. The maximum absolute atomic E-state index is 14.8. The lowest BCUT2D eigenvalue weighted by atomic mass is 9.57. The number of hydrogen-bond donors (Lipinski definition) is 0. The summed E-state index contributed by atoms with van der Waals surface area (Å²) in [5.74, 6) is -4.85. The molecule has 4 fully saturated rings. The zero-order valence-electron chi connectivity index (χ0n) is 41.7. The van der Waals surface area contributed by atoms with Gasteiger partial charge >= 0.3 is 23.9 Å². The summed E-state index contributed by atoms with van der Waals surface area (Å²) in [4.78, 5) is 65.1. The van der Waals surface area contributed by atoms with E-state index in [2.05, 4.69) is 154 Å². The summed E-state index contributed by atoms with van der Waals surface area (Å²) >= 11 is 0. The van der Waals surface area contributed by atoms with Gasteiger partial charge in [0, 0.05) is 71.8 Å². The van der Waals surface area contributed by atoms with Gasteiger partial charge in [0.05, 0.1) is 24.7 Å². The van der Waals surface area contributed by atoms with Gasteiger partial charge in [0.2, 0.25) is 0 Å². The molecular formula is C49H87N3O8. The van der Waals surface area contributed by atoms with E-state index in [9.17, 15) is 19.2 Å². The number of ether oxygens (including phenoxy) is 4. The number of hydrogen-bond acceptors (Lipinski definition) is 11. The van der Waals surface area contributed by atoms with Crippen LogP contribution in [0.15, 0.2) is 0 Å². The van der Waals surface area contributed by atoms with E-state index in [4.69, 9.17) is 18.9 Å². The standard InChI is InChI=1S/C49H87N3O8/c1-31-42(2,3)23-32(24-43(31,4)5)59-40(55)36(21-38(53)57-33-25-44(6,7)50(18)45(8,9)26-33)37(41(56)60-35-29-48(14,15)52(20)49(16,17)30-35)22-39(54)58-34-27-46(10,11)51(19)47(12,13)28-34/h31-37H,21-30H2,1-20H3.